The van der Waals surface area contributed by atoms with Gasteiger partial charge < -0.3 is 61.6 Å². The first kappa shape index (κ1) is 30.5. The molecule has 0 aromatic carbocycles. The van der Waals surface area contributed by atoms with Gasteiger partial charge in [-0.15, -0.1) is 0 Å². The van der Waals surface area contributed by atoms with E-state index in [1.165, 1.54) is 0 Å². The predicted molar refractivity (Wildman–Crippen MR) is 123 cm³/mol. The van der Waals surface area contributed by atoms with Gasteiger partial charge in [-0.25, -0.2) is 9.59 Å². The lowest BCUT2D eigenvalue weighted by Crippen LogP contribution is -2.72. The molecule has 0 radical (unpaired) electrons. The number of aliphatic hydroxyl groups is 5. The minimum Gasteiger partial charge on any atom is -0.481 e. The van der Waals surface area contributed by atoms with Crippen LogP contribution in [0.5, 0.6) is 0 Å². The molecule has 10 atom stereocenters. The number of fused-ring (bicyclic) bond motifs is 1. The Balaban J connectivity index is 0.000000259. The molecule has 2 amide bonds. The van der Waals surface area contributed by atoms with Crippen LogP contribution in [0.4, 0.5) is 4.79 Å². The summed E-state index contributed by atoms with van der Waals surface area (Å²) in [4.78, 5) is 32.6. The molecule has 36 heavy (non-hydrogen) atoms. The summed E-state index contributed by atoms with van der Waals surface area (Å²) in [6, 6.07) is -0.911. The molecule has 3 aliphatic heterocycles. The molecule has 0 bridgehead atoms. The van der Waals surface area contributed by atoms with Crippen molar-refractivity contribution in [2.45, 2.75) is 85.4 Å². The van der Waals surface area contributed by atoms with E-state index in [1.54, 1.807) is 0 Å². The van der Waals surface area contributed by atoms with Crippen LogP contribution in [0.1, 0.15) is 25.7 Å². The molecule has 1 unspecified atom stereocenters. The van der Waals surface area contributed by atoms with Gasteiger partial charge in [0, 0.05) is 24.5 Å². The molecule has 3 rings (SSSR count). The van der Waals surface area contributed by atoms with Crippen LogP contribution >= 0.6 is 11.8 Å². The number of aliphatic carboxylic acids is 2. The largest absolute Gasteiger partial charge is 0.481 e. The van der Waals surface area contributed by atoms with Gasteiger partial charge in [0.15, 0.2) is 0 Å². The molecule has 0 aromatic heterocycles. The van der Waals surface area contributed by atoms with Crippen molar-refractivity contribution >= 4 is 29.7 Å². The lowest BCUT2D eigenvalue weighted by Gasteiger charge is -2.47. The van der Waals surface area contributed by atoms with Crippen LogP contribution in [-0.2, 0) is 19.1 Å². The first-order valence-electron chi connectivity index (χ1n) is 11.3. The molecule has 3 saturated heterocycles. The Morgan fingerprint density at radius 3 is 2.50 bits per heavy atom. The van der Waals surface area contributed by atoms with Crippen molar-refractivity contribution in [3.63, 3.8) is 0 Å². The summed E-state index contributed by atoms with van der Waals surface area (Å²) in [6.07, 6.45) is -5.61. The summed E-state index contributed by atoms with van der Waals surface area (Å²) in [5.41, 5.74) is 5.59. The summed E-state index contributed by atoms with van der Waals surface area (Å²) in [7, 11) is 1.04. The number of aliphatic hydroxyl groups excluding tert-OH is 4. The SMILES string of the molecule is COC1[C@H](O)[C@@H](N)[C@H]([C@H](O)[C@H](O)CO)O[C@]1(O)C(=O)O.O=C(O)CCCC[C@@H]1SC[C@@H]2NC(=O)N[C@@H]21. The Kier molecular flexibility index (Phi) is 11.1. The van der Waals surface area contributed by atoms with Crippen molar-refractivity contribution in [1.29, 1.82) is 0 Å². The van der Waals surface area contributed by atoms with E-state index in [1.807, 2.05) is 11.8 Å². The number of thioether (sulfide) groups is 1. The number of carboxylic acids is 2. The quantitative estimate of drug-likeness (QED) is 0.0945. The van der Waals surface area contributed by atoms with Gasteiger partial charge in [0.1, 0.15) is 30.5 Å². The van der Waals surface area contributed by atoms with Gasteiger partial charge in [-0.2, -0.15) is 11.8 Å². The molecular formula is C20H35N3O12S. The second-order valence-corrected chi connectivity index (χ2v) is 10.1. The first-order chi connectivity index (χ1) is 16.9. The van der Waals surface area contributed by atoms with E-state index >= 15 is 0 Å². The monoisotopic (exact) mass is 541 g/mol. The lowest BCUT2D eigenvalue weighted by atomic mass is 9.87. The van der Waals surface area contributed by atoms with E-state index in [0.29, 0.717) is 5.25 Å². The number of amides is 2. The van der Waals surface area contributed by atoms with E-state index in [-0.39, 0.29) is 24.5 Å². The van der Waals surface area contributed by atoms with Gasteiger partial charge in [-0.1, -0.05) is 6.42 Å². The molecule has 208 valence electrons. The minimum absolute atomic E-state index is 0.0640. The van der Waals surface area contributed by atoms with Gasteiger partial charge in [0.05, 0.1) is 24.7 Å². The van der Waals surface area contributed by atoms with Crippen LogP contribution in [0.3, 0.4) is 0 Å². The number of nitrogens with two attached hydrogens (primary N) is 1. The predicted octanol–water partition coefficient (Wildman–Crippen LogP) is -3.63. The van der Waals surface area contributed by atoms with Crippen LogP contribution in [0, 0.1) is 0 Å². The zero-order valence-electron chi connectivity index (χ0n) is 19.6. The zero-order chi connectivity index (χ0) is 27.2. The Morgan fingerprint density at radius 2 is 1.94 bits per heavy atom. The van der Waals surface area contributed by atoms with Gasteiger partial charge in [-0.05, 0) is 12.8 Å². The average Bonchev–Trinajstić information content (AvgIpc) is 3.37. The highest BCUT2D eigenvalue weighted by Gasteiger charge is 2.59. The highest BCUT2D eigenvalue weighted by atomic mass is 32.2. The fourth-order valence-corrected chi connectivity index (χ4v) is 5.88. The molecular weight excluding hydrogens is 506 g/mol. The summed E-state index contributed by atoms with van der Waals surface area (Å²) in [5, 5.41) is 71.4. The maximum Gasteiger partial charge on any atom is 0.367 e. The van der Waals surface area contributed by atoms with E-state index in [9.17, 15) is 34.8 Å². The number of carboxylic acid groups (broad SMARTS) is 2. The van der Waals surface area contributed by atoms with Crippen molar-refractivity contribution in [2.24, 2.45) is 5.73 Å². The van der Waals surface area contributed by atoms with Crippen molar-refractivity contribution in [1.82, 2.24) is 10.6 Å². The number of ether oxygens (including phenoxy) is 2. The molecule has 0 aliphatic carbocycles. The van der Waals surface area contributed by atoms with E-state index < -0.39 is 60.9 Å². The number of rotatable bonds is 10. The van der Waals surface area contributed by atoms with E-state index in [0.717, 1.165) is 32.1 Å². The smallest absolute Gasteiger partial charge is 0.367 e. The Morgan fingerprint density at radius 1 is 1.28 bits per heavy atom. The van der Waals surface area contributed by atoms with Gasteiger partial charge in [0.2, 0.25) is 0 Å². The van der Waals surface area contributed by atoms with Crippen LogP contribution in [0.25, 0.3) is 0 Å². The molecule has 0 saturated carbocycles. The Labute approximate surface area is 210 Å². The summed E-state index contributed by atoms with van der Waals surface area (Å²) >= 11 is 1.87. The molecule has 3 heterocycles. The number of carbonyl (C=O) groups excluding carboxylic acids is 1. The molecule has 16 heteroatoms. The van der Waals surface area contributed by atoms with Gasteiger partial charge >= 0.3 is 18.0 Å². The number of unbranched alkanes of at least 4 members (excludes halogenated alkanes) is 1. The number of carbonyl (C=O) groups is 3. The molecule has 3 aliphatic rings. The second kappa shape index (κ2) is 13.2. The average molecular weight is 542 g/mol. The number of hydrogen-bond acceptors (Lipinski definition) is 12. The highest BCUT2D eigenvalue weighted by molar-refractivity contribution is 8.00. The first-order valence-corrected chi connectivity index (χ1v) is 12.4. The molecule has 11 N–H and O–H groups in total. The number of urea groups is 1. The fourth-order valence-electron chi connectivity index (χ4n) is 4.34. The molecule has 15 nitrogen and oxygen atoms in total. The number of nitrogens with one attached hydrogen (secondary N) is 2. The van der Waals surface area contributed by atoms with Crippen LogP contribution in [0.15, 0.2) is 0 Å². The Bertz CT molecular complexity index is 778. The van der Waals surface area contributed by atoms with E-state index in [4.69, 9.17) is 25.8 Å². The highest BCUT2D eigenvalue weighted by Crippen LogP contribution is 2.33. The molecule has 0 spiro atoms. The van der Waals surface area contributed by atoms with Crippen LogP contribution < -0.4 is 16.4 Å². The van der Waals surface area contributed by atoms with Gasteiger partial charge in [-0.3, -0.25) is 4.79 Å². The summed E-state index contributed by atoms with van der Waals surface area (Å²) in [5.74, 6) is -4.57. The third-order valence-electron chi connectivity index (χ3n) is 6.33. The zero-order valence-corrected chi connectivity index (χ0v) is 20.4. The topological polar surface area (TPSA) is 261 Å². The normalized spacial score (nSPS) is 37.1. The maximum absolute atomic E-state index is 11.1. The standard InChI is InChI=1S/C10H16N2O3S.C10H19NO9/c13-8(14)4-2-1-3-7-9-6(5-16-7)11-10(15)12-9;1-19-8-6(15)4(11)7(5(14)3(13)2-12)20-10(8,18)9(16)17/h6-7,9H,1-5H2,(H,13,14)(H2,11,12,15);3-8,12-15,18H,2,11H2,1H3,(H,16,17)/t6-,7-,9-;3-,4-,5-,6-,7-,8?,10+/m01/s1. The summed E-state index contributed by atoms with van der Waals surface area (Å²) < 4.78 is 9.52. The van der Waals surface area contributed by atoms with Crippen molar-refractivity contribution in [3.05, 3.63) is 0 Å². The fraction of sp³-hybridized carbons (Fsp3) is 0.850. The lowest BCUT2D eigenvalue weighted by molar-refractivity contribution is -0.334. The van der Waals surface area contributed by atoms with Gasteiger partial charge in [0.25, 0.3) is 5.79 Å². The van der Waals surface area contributed by atoms with Crippen LogP contribution in [0.2, 0.25) is 0 Å². The third kappa shape index (κ3) is 6.96. The van der Waals surface area contributed by atoms with Crippen molar-refractivity contribution in [3.8, 4) is 0 Å². The van der Waals surface area contributed by atoms with Crippen molar-refractivity contribution < 1.29 is 59.6 Å². The van der Waals surface area contributed by atoms with E-state index in [2.05, 4.69) is 15.4 Å². The minimum atomic E-state index is -2.95. The second-order valence-electron chi connectivity index (χ2n) is 8.81. The Hall–Kier alpha value is -1.76. The molecule has 3 fully saturated rings. The number of methoxy groups -OCH3 is 1. The summed E-state index contributed by atoms with van der Waals surface area (Å²) in [6.45, 7) is -0.844. The third-order valence-corrected chi connectivity index (χ3v) is 7.84. The van der Waals surface area contributed by atoms with Crippen LogP contribution in [-0.4, -0.2) is 133 Å². The number of hydrogen-bond donors (Lipinski definition) is 10. The molecule has 0 aromatic rings. The maximum atomic E-state index is 11.1. The van der Waals surface area contributed by atoms with Crippen molar-refractivity contribution in [2.75, 3.05) is 19.5 Å².